The van der Waals surface area contributed by atoms with Crippen LogP contribution in [-0.2, 0) is 9.59 Å². The topological polar surface area (TPSA) is 111 Å². The Morgan fingerprint density at radius 3 is 2.50 bits per heavy atom. The fraction of sp³-hybridized carbons (Fsp3) is 0.323. The first kappa shape index (κ1) is 27.6. The third kappa shape index (κ3) is 5.94. The molecule has 5 rings (SSSR count). The number of carbonyl (C=O) groups excluding carboxylic acids is 2. The minimum atomic E-state index is -0.409. The molecule has 1 unspecified atom stereocenters. The maximum absolute atomic E-state index is 13.9. The molecular weight excluding hydrogens is 522 g/mol. The summed E-state index contributed by atoms with van der Waals surface area (Å²) >= 11 is 1.35. The summed E-state index contributed by atoms with van der Waals surface area (Å²) in [6.45, 7) is 3.10. The number of likely N-dealkylation sites (tertiary alicyclic amines) is 1. The van der Waals surface area contributed by atoms with Gasteiger partial charge in [-0.05, 0) is 66.8 Å². The van der Waals surface area contributed by atoms with Gasteiger partial charge in [0.25, 0.3) is 5.56 Å². The number of amides is 2. The molecule has 206 valence electrons. The minimum absolute atomic E-state index is 0.0147. The molecule has 0 bridgehead atoms. The quantitative estimate of drug-likeness (QED) is 0.234. The van der Waals surface area contributed by atoms with Crippen molar-refractivity contribution in [2.24, 2.45) is 11.7 Å². The van der Waals surface area contributed by atoms with Crippen LogP contribution in [0.3, 0.4) is 0 Å². The summed E-state index contributed by atoms with van der Waals surface area (Å²) in [6.07, 6.45) is 7.11. The Kier molecular flexibility index (Phi) is 8.60. The van der Waals surface area contributed by atoms with Gasteiger partial charge in [-0.2, -0.15) is 0 Å². The molecule has 0 aliphatic carbocycles. The van der Waals surface area contributed by atoms with Crippen LogP contribution in [0.1, 0.15) is 39.0 Å². The van der Waals surface area contributed by atoms with Crippen molar-refractivity contribution in [2.45, 2.75) is 49.4 Å². The van der Waals surface area contributed by atoms with Crippen molar-refractivity contribution < 1.29 is 9.59 Å². The van der Waals surface area contributed by atoms with E-state index in [1.54, 1.807) is 23.0 Å². The van der Waals surface area contributed by atoms with Gasteiger partial charge < -0.3 is 10.6 Å². The van der Waals surface area contributed by atoms with Crippen LogP contribution in [0.4, 0.5) is 0 Å². The Bertz CT molecular complexity index is 1560. The van der Waals surface area contributed by atoms with Crippen LogP contribution in [0.25, 0.3) is 27.7 Å². The lowest BCUT2D eigenvalue weighted by Gasteiger charge is -2.33. The molecule has 2 N–H and O–H groups in total. The molecule has 1 aliphatic heterocycles. The van der Waals surface area contributed by atoms with Gasteiger partial charge in [0.2, 0.25) is 11.8 Å². The molecule has 1 saturated heterocycles. The van der Waals surface area contributed by atoms with Crippen LogP contribution in [0, 0.1) is 5.92 Å². The maximum atomic E-state index is 13.9. The first-order valence-corrected chi connectivity index (χ1v) is 14.6. The standard InChI is InChI=1S/C31H33N5O3S/c1-2-3-11-27(30(39)35-18-14-22(15-19-35)28(32)37)40-31-34-26-10-5-4-9-25(26)29(38)36(31)24-8-6-7-23(20-24)21-12-16-33-17-13-21/h4-10,12-13,16-17,20,22,27H,2-3,11,14-15,18-19H2,1H3,(H2,32,37). The fourth-order valence-electron chi connectivity index (χ4n) is 5.13. The summed E-state index contributed by atoms with van der Waals surface area (Å²) in [6, 6.07) is 18.9. The van der Waals surface area contributed by atoms with Crippen LogP contribution in [-0.4, -0.2) is 49.6 Å². The highest BCUT2D eigenvalue weighted by molar-refractivity contribution is 8.00. The number of carbonyl (C=O) groups is 2. The van der Waals surface area contributed by atoms with E-state index in [0.717, 1.165) is 24.0 Å². The molecule has 2 aromatic heterocycles. The van der Waals surface area contributed by atoms with E-state index in [0.29, 0.717) is 54.1 Å². The highest BCUT2D eigenvalue weighted by atomic mass is 32.2. The first-order chi connectivity index (χ1) is 19.5. The molecule has 2 amide bonds. The van der Waals surface area contributed by atoms with E-state index in [2.05, 4.69) is 11.9 Å². The Balaban J connectivity index is 1.54. The zero-order valence-corrected chi connectivity index (χ0v) is 23.3. The van der Waals surface area contributed by atoms with Gasteiger partial charge in [-0.1, -0.05) is 55.8 Å². The first-order valence-electron chi connectivity index (χ1n) is 13.7. The third-order valence-electron chi connectivity index (χ3n) is 7.41. The predicted octanol–water partition coefficient (Wildman–Crippen LogP) is 4.82. The van der Waals surface area contributed by atoms with Crippen molar-refractivity contribution in [3.63, 3.8) is 0 Å². The highest BCUT2D eigenvalue weighted by Gasteiger charge is 2.31. The summed E-state index contributed by atoms with van der Waals surface area (Å²) < 4.78 is 1.63. The van der Waals surface area contributed by atoms with E-state index in [9.17, 15) is 14.4 Å². The summed E-state index contributed by atoms with van der Waals surface area (Å²) in [7, 11) is 0. The van der Waals surface area contributed by atoms with Crippen molar-refractivity contribution >= 4 is 34.5 Å². The van der Waals surface area contributed by atoms with Crippen molar-refractivity contribution in [1.29, 1.82) is 0 Å². The van der Waals surface area contributed by atoms with Crippen LogP contribution >= 0.6 is 11.8 Å². The number of benzene rings is 2. The lowest BCUT2D eigenvalue weighted by Crippen LogP contribution is -2.45. The molecule has 1 fully saturated rings. The number of nitrogens with zero attached hydrogens (tertiary/aromatic N) is 4. The minimum Gasteiger partial charge on any atom is -0.369 e. The molecule has 8 nitrogen and oxygen atoms in total. The smallest absolute Gasteiger partial charge is 0.266 e. The van der Waals surface area contributed by atoms with Gasteiger partial charge in [0.1, 0.15) is 0 Å². The number of rotatable bonds is 9. The number of piperidine rings is 1. The monoisotopic (exact) mass is 555 g/mol. The summed E-state index contributed by atoms with van der Waals surface area (Å²) in [4.78, 5) is 50.2. The normalized spacial score (nSPS) is 14.8. The Hall–Kier alpha value is -3.98. The van der Waals surface area contributed by atoms with E-state index in [1.165, 1.54) is 11.8 Å². The Morgan fingerprint density at radius 1 is 1.02 bits per heavy atom. The van der Waals surface area contributed by atoms with Crippen LogP contribution in [0.2, 0.25) is 0 Å². The second-order valence-corrected chi connectivity index (χ2v) is 11.3. The van der Waals surface area contributed by atoms with E-state index in [4.69, 9.17) is 10.7 Å². The Morgan fingerprint density at radius 2 is 1.77 bits per heavy atom. The lowest BCUT2D eigenvalue weighted by molar-refractivity contribution is -0.134. The van der Waals surface area contributed by atoms with Crippen LogP contribution < -0.4 is 11.3 Å². The number of pyridine rings is 1. The average Bonchev–Trinajstić information content (AvgIpc) is 2.99. The van der Waals surface area contributed by atoms with Gasteiger partial charge in [0.15, 0.2) is 5.16 Å². The molecule has 0 radical (unpaired) electrons. The fourth-order valence-corrected chi connectivity index (χ4v) is 6.36. The molecule has 0 saturated carbocycles. The zero-order valence-electron chi connectivity index (χ0n) is 22.5. The lowest BCUT2D eigenvalue weighted by atomic mass is 9.96. The van der Waals surface area contributed by atoms with Crippen molar-refractivity contribution in [3.8, 4) is 16.8 Å². The number of fused-ring (bicyclic) bond motifs is 1. The SMILES string of the molecule is CCCCC(Sc1nc2ccccc2c(=O)n1-c1cccc(-c2ccncc2)c1)C(=O)N1CCC(C(N)=O)CC1. The largest absolute Gasteiger partial charge is 0.369 e. The zero-order chi connectivity index (χ0) is 28.1. The highest BCUT2D eigenvalue weighted by Crippen LogP contribution is 2.31. The van der Waals surface area contributed by atoms with E-state index < -0.39 is 5.25 Å². The van der Waals surface area contributed by atoms with Crippen molar-refractivity contribution in [3.05, 3.63) is 83.4 Å². The number of hydrogen-bond acceptors (Lipinski definition) is 6. The van der Waals surface area contributed by atoms with Crippen LogP contribution in [0.15, 0.2) is 83.0 Å². The summed E-state index contributed by atoms with van der Waals surface area (Å²) in [5.74, 6) is -0.478. The van der Waals surface area contributed by atoms with E-state index >= 15 is 0 Å². The van der Waals surface area contributed by atoms with Gasteiger partial charge in [0.05, 0.1) is 21.8 Å². The number of hydrogen-bond donors (Lipinski definition) is 1. The molecule has 4 aromatic rings. The molecule has 0 spiro atoms. The van der Waals surface area contributed by atoms with Gasteiger partial charge >= 0.3 is 0 Å². The van der Waals surface area contributed by atoms with Gasteiger partial charge in [0, 0.05) is 31.4 Å². The summed E-state index contributed by atoms with van der Waals surface area (Å²) in [5.41, 5.74) is 8.55. The average molecular weight is 556 g/mol. The van der Waals surface area contributed by atoms with Crippen LogP contribution in [0.5, 0.6) is 0 Å². The molecule has 9 heteroatoms. The number of aromatic nitrogens is 3. The number of thioether (sulfide) groups is 1. The molecule has 40 heavy (non-hydrogen) atoms. The summed E-state index contributed by atoms with van der Waals surface area (Å²) in [5, 5.41) is 0.593. The number of nitrogens with two attached hydrogens (primary N) is 1. The van der Waals surface area contributed by atoms with E-state index in [-0.39, 0.29) is 23.3 Å². The van der Waals surface area contributed by atoms with Crippen molar-refractivity contribution in [2.75, 3.05) is 13.1 Å². The second-order valence-electron chi connectivity index (χ2n) is 10.1. The second kappa shape index (κ2) is 12.5. The number of primary amides is 1. The number of para-hydroxylation sites is 1. The molecule has 3 heterocycles. The Labute approximate surface area is 237 Å². The van der Waals surface area contributed by atoms with Gasteiger partial charge in [-0.25, -0.2) is 4.98 Å². The molecule has 1 atom stereocenters. The van der Waals surface area contributed by atoms with Crippen molar-refractivity contribution in [1.82, 2.24) is 19.4 Å². The predicted molar refractivity (Wildman–Crippen MR) is 158 cm³/mol. The van der Waals surface area contributed by atoms with Gasteiger partial charge in [-0.15, -0.1) is 0 Å². The third-order valence-corrected chi connectivity index (χ3v) is 8.62. The molecular formula is C31H33N5O3S. The number of unbranched alkanes of at least 4 members (excludes halogenated alkanes) is 1. The van der Waals surface area contributed by atoms with E-state index in [1.807, 2.05) is 59.5 Å². The molecule has 1 aliphatic rings. The maximum Gasteiger partial charge on any atom is 0.266 e. The molecule has 2 aromatic carbocycles. The van der Waals surface area contributed by atoms with Gasteiger partial charge in [-0.3, -0.25) is 23.9 Å².